The first kappa shape index (κ1) is 13.9. The van der Waals surface area contributed by atoms with Crippen molar-refractivity contribution >= 4 is 5.69 Å². The smallest absolute Gasteiger partial charge is 0.0340 e. The SMILES string of the molecule is CN1CCN(Cc2cccc(N)c2)C2(CCCCC2)C1. The molecule has 3 nitrogen and oxygen atoms in total. The van der Waals surface area contributed by atoms with Crippen LogP contribution in [0, 0.1) is 0 Å². The van der Waals surface area contributed by atoms with Crippen molar-refractivity contribution in [3.63, 3.8) is 0 Å². The van der Waals surface area contributed by atoms with E-state index in [1.54, 1.807) is 0 Å². The molecule has 1 spiro atoms. The average Bonchev–Trinajstić information content (AvgIpc) is 2.43. The van der Waals surface area contributed by atoms with Gasteiger partial charge in [0.15, 0.2) is 0 Å². The average molecular weight is 273 g/mol. The van der Waals surface area contributed by atoms with Gasteiger partial charge in [0.2, 0.25) is 0 Å². The molecule has 1 aliphatic heterocycles. The fraction of sp³-hybridized carbons (Fsp3) is 0.647. The second-order valence-electron chi connectivity index (χ2n) is 6.69. The second kappa shape index (κ2) is 5.74. The molecule has 1 saturated heterocycles. The maximum Gasteiger partial charge on any atom is 0.0340 e. The summed E-state index contributed by atoms with van der Waals surface area (Å²) in [6, 6.07) is 8.40. The Morgan fingerprint density at radius 3 is 2.70 bits per heavy atom. The van der Waals surface area contributed by atoms with Gasteiger partial charge in [0.05, 0.1) is 0 Å². The summed E-state index contributed by atoms with van der Waals surface area (Å²) >= 11 is 0. The van der Waals surface area contributed by atoms with Crippen molar-refractivity contribution in [2.75, 3.05) is 32.4 Å². The van der Waals surface area contributed by atoms with Gasteiger partial charge in [-0.15, -0.1) is 0 Å². The van der Waals surface area contributed by atoms with Crippen molar-refractivity contribution < 1.29 is 0 Å². The number of rotatable bonds is 2. The van der Waals surface area contributed by atoms with E-state index < -0.39 is 0 Å². The van der Waals surface area contributed by atoms with Gasteiger partial charge >= 0.3 is 0 Å². The number of nitrogens with zero attached hydrogens (tertiary/aromatic N) is 2. The Bertz CT molecular complexity index is 451. The lowest BCUT2D eigenvalue weighted by molar-refractivity contribution is -0.0238. The molecule has 110 valence electrons. The van der Waals surface area contributed by atoms with E-state index in [-0.39, 0.29) is 0 Å². The second-order valence-corrected chi connectivity index (χ2v) is 6.69. The van der Waals surface area contributed by atoms with Crippen molar-refractivity contribution in [1.29, 1.82) is 0 Å². The van der Waals surface area contributed by atoms with Gasteiger partial charge in [0.1, 0.15) is 0 Å². The van der Waals surface area contributed by atoms with Crippen LogP contribution in [0.4, 0.5) is 5.69 Å². The number of hydrogen-bond donors (Lipinski definition) is 1. The van der Waals surface area contributed by atoms with Crippen molar-refractivity contribution in [1.82, 2.24) is 9.80 Å². The molecule has 0 radical (unpaired) electrons. The number of likely N-dealkylation sites (N-methyl/N-ethyl adjacent to an activating group) is 1. The Kier molecular flexibility index (Phi) is 3.99. The highest BCUT2D eigenvalue weighted by atomic mass is 15.3. The van der Waals surface area contributed by atoms with Crippen molar-refractivity contribution in [2.24, 2.45) is 0 Å². The van der Waals surface area contributed by atoms with Gasteiger partial charge in [0.25, 0.3) is 0 Å². The fourth-order valence-corrected chi connectivity index (χ4v) is 4.05. The Morgan fingerprint density at radius 1 is 1.15 bits per heavy atom. The first-order chi connectivity index (χ1) is 9.68. The van der Waals surface area contributed by atoms with Crippen LogP contribution in [0.1, 0.15) is 37.7 Å². The minimum atomic E-state index is 0.413. The molecule has 0 aromatic heterocycles. The lowest BCUT2D eigenvalue weighted by Crippen LogP contribution is -2.61. The molecule has 2 fully saturated rings. The molecular weight excluding hydrogens is 246 g/mol. The summed E-state index contributed by atoms with van der Waals surface area (Å²) in [4.78, 5) is 5.25. The topological polar surface area (TPSA) is 32.5 Å². The Labute approximate surface area is 122 Å². The predicted molar refractivity (Wildman–Crippen MR) is 84.6 cm³/mol. The molecular formula is C17H27N3. The van der Waals surface area contributed by atoms with Gasteiger partial charge in [-0.25, -0.2) is 0 Å². The zero-order valence-electron chi connectivity index (χ0n) is 12.6. The van der Waals surface area contributed by atoms with Crippen LogP contribution in [-0.4, -0.2) is 42.0 Å². The summed E-state index contributed by atoms with van der Waals surface area (Å²) in [5, 5.41) is 0. The van der Waals surface area contributed by atoms with E-state index in [2.05, 4.69) is 35.0 Å². The number of piperazine rings is 1. The van der Waals surface area contributed by atoms with Crippen LogP contribution in [0.2, 0.25) is 0 Å². The minimum Gasteiger partial charge on any atom is -0.399 e. The van der Waals surface area contributed by atoms with Gasteiger partial charge in [-0.3, -0.25) is 4.90 Å². The van der Waals surface area contributed by atoms with E-state index in [1.165, 1.54) is 57.3 Å². The summed E-state index contributed by atoms with van der Waals surface area (Å²) in [6.07, 6.45) is 6.92. The summed E-state index contributed by atoms with van der Waals surface area (Å²) in [5.74, 6) is 0. The van der Waals surface area contributed by atoms with Crippen molar-refractivity contribution in [2.45, 2.75) is 44.2 Å². The van der Waals surface area contributed by atoms with Crippen LogP contribution >= 0.6 is 0 Å². The monoisotopic (exact) mass is 273 g/mol. The molecule has 3 rings (SSSR count). The predicted octanol–water partition coefficient (Wildman–Crippen LogP) is 2.72. The van der Waals surface area contributed by atoms with Crippen LogP contribution in [0.5, 0.6) is 0 Å². The van der Waals surface area contributed by atoms with E-state index in [0.29, 0.717) is 5.54 Å². The molecule has 0 unspecified atom stereocenters. The van der Waals surface area contributed by atoms with E-state index >= 15 is 0 Å². The quantitative estimate of drug-likeness (QED) is 0.841. The van der Waals surface area contributed by atoms with Crippen LogP contribution in [-0.2, 0) is 6.54 Å². The number of nitrogens with two attached hydrogens (primary N) is 1. The Morgan fingerprint density at radius 2 is 1.95 bits per heavy atom. The zero-order chi connectivity index (χ0) is 14.0. The third-order valence-corrected chi connectivity index (χ3v) is 5.10. The maximum atomic E-state index is 5.93. The van der Waals surface area contributed by atoms with Crippen molar-refractivity contribution in [3.8, 4) is 0 Å². The van der Waals surface area contributed by atoms with E-state index in [4.69, 9.17) is 5.73 Å². The number of nitrogen functional groups attached to an aromatic ring is 1. The van der Waals surface area contributed by atoms with Crippen LogP contribution in [0.15, 0.2) is 24.3 Å². The summed E-state index contributed by atoms with van der Waals surface area (Å²) in [6.45, 7) is 4.66. The van der Waals surface area contributed by atoms with E-state index in [9.17, 15) is 0 Å². The zero-order valence-corrected chi connectivity index (χ0v) is 12.6. The molecule has 1 saturated carbocycles. The number of hydrogen-bond acceptors (Lipinski definition) is 3. The van der Waals surface area contributed by atoms with Gasteiger partial charge in [-0.05, 0) is 37.6 Å². The van der Waals surface area contributed by atoms with Gasteiger partial charge < -0.3 is 10.6 Å². The number of anilines is 1. The lowest BCUT2D eigenvalue weighted by atomic mass is 9.78. The van der Waals surface area contributed by atoms with Gasteiger partial charge in [-0.2, -0.15) is 0 Å². The molecule has 1 heterocycles. The first-order valence-electron chi connectivity index (χ1n) is 7.96. The molecule has 1 aromatic carbocycles. The van der Waals surface area contributed by atoms with Crippen LogP contribution in [0.25, 0.3) is 0 Å². The van der Waals surface area contributed by atoms with Crippen LogP contribution < -0.4 is 5.73 Å². The molecule has 3 heteroatoms. The fourth-order valence-electron chi connectivity index (χ4n) is 4.05. The Balaban J connectivity index is 1.78. The van der Waals surface area contributed by atoms with Crippen molar-refractivity contribution in [3.05, 3.63) is 29.8 Å². The Hall–Kier alpha value is -1.06. The van der Waals surface area contributed by atoms with Crippen LogP contribution in [0.3, 0.4) is 0 Å². The largest absolute Gasteiger partial charge is 0.399 e. The summed E-state index contributed by atoms with van der Waals surface area (Å²) < 4.78 is 0. The summed E-state index contributed by atoms with van der Waals surface area (Å²) in [5.41, 5.74) is 8.59. The molecule has 1 aliphatic carbocycles. The first-order valence-corrected chi connectivity index (χ1v) is 7.96. The molecule has 0 bridgehead atoms. The molecule has 20 heavy (non-hydrogen) atoms. The highest BCUT2D eigenvalue weighted by Gasteiger charge is 2.41. The highest BCUT2D eigenvalue weighted by Crippen LogP contribution is 2.37. The number of benzene rings is 1. The minimum absolute atomic E-state index is 0.413. The molecule has 2 N–H and O–H groups in total. The third-order valence-electron chi connectivity index (χ3n) is 5.10. The standard InChI is InChI=1S/C17H27N3/c1-19-10-11-20(13-15-6-5-7-16(18)12-15)17(14-19)8-3-2-4-9-17/h5-7,12H,2-4,8-11,13-14,18H2,1H3. The summed E-state index contributed by atoms with van der Waals surface area (Å²) in [7, 11) is 2.27. The molecule has 0 amide bonds. The van der Waals surface area contributed by atoms with E-state index in [1.807, 2.05) is 6.07 Å². The van der Waals surface area contributed by atoms with Gasteiger partial charge in [0, 0.05) is 37.4 Å². The lowest BCUT2D eigenvalue weighted by Gasteiger charge is -2.52. The molecule has 2 aliphatic rings. The molecule has 1 aromatic rings. The maximum absolute atomic E-state index is 5.93. The highest BCUT2D eigenvalue weighted by molar-refractivity contribution is 5.40. The van der Waals surface area contributed by atoms with Gasteiger partial charge in [-0.1, -0.05) is 31.4 Å². The van der Waals surface area contributed by atoms with E-state index in [0.717, 1.165) is 12.2 Å². The normalized spacial score (nSPS) is 24.1. The molecule has 0 atom stereocenters. The third kappa shape index (κ3) is 2.84.